The fraction of sp³-hybridized carbons (Fsp3) is 0.375. The summed E-state index contributed by atoms with van der Waals surface area (Å²) in [6.07, 6.45) is 0. The van der Waals surface area contributed by atoms with Gasteiger partial charge in [0.1, 0.15) is 0 Å². The number of hydrogen-bond acceptors (Lipinski definition) is 6. The third-order valence-electron chi connectivity index (χ3n) is 3.77. The first-order valence-corrected chi connectivity index (χ1v) is 7.32. The number of rotatable bonds is 7. The van der Waals surface area contributed by atoms with Gasteiger partial charge < -0.3 is 24.6 Å². The van der Waals surface area contributed by atoms with Crippen LogP contribution in [0.1, 0.15) is 17.3 Å². The number of halogens is 1. The Hall–Kier alpha value is -2.61. The lowest BCUT2D eigenvalue weighted by atomic mass is 10.1. The number of hydrogen-bond donors (Lipinski definition) is 2. The molecule has 0 saturated carbocycles. The molecule has 130 valence electrons. The summed E-state index contributed by atoms with van der Waals surface area (Å²) in [5.41, 5.74) is 0.265. The topological polar surface area (TPSA) is 87.8 Å². The highest BCUT2D eigenvalue weighted by molar-refractivity contribution is 5.99. The van der Waals surface area contributed by atoms with Crippen molar-refractivity contribution in [2.24, 2.45) is 0 Å². The molecule has 1 aromatic heterocycles. The number of nitrogens with one attached hydrogen (secondary N) is 1. The molecular weight excluding hydrogens is 317 g/mol. The van der Waals surface area contributed by atoms with Crippen LogP contribution in [0, 0.1) is 5.82 Å². The van der Waals surface area contributed by atoms with Gasteiger partial charge in [-0.25, -0.2) is 9.18 Å². The van der Waals surface area contributed by atoms with Gasteiger partial charge in [0.25, 0.3) is 0 Å². The Kier molecular flexibility index (Phi) is 5.40. The minimum atomic E-state index is -1.19. The van der Waals surface area contributed by atoms with Gasteiger partial charge in [-0.05, 0) is 39.2 Å². The van der Waals surface area contributed by atoms with Crippen molar-refractivity contribution in [2.45, 2.75) is 13.0 Å². The van der Waals surface area contributed by atoms with Crippen LogP contribution in [0.25, 0.3) is 11.3 Å². The molecule has 2 N–H and O–H groups in total. The summed E-state index contributed by atoms with van der Waals surface area (Å²) in [5, 5.41) is 16.3. The lowest BCUT2D eigenvalue weighted by molar-refractivity contribution is 0.0698. The minimum Gasteiger partial charge on any atom is -0.494 e. The summed E-state index contributed by atoms with van der Waals surface area (Å²) < 4.78 is 23.6. The minimum absolute atomic E-state index is 0.00372. The molecule has 0 fully saturated rings. The largest absolute Gasteiger partial charge is 0.494 e. The lowest BCUT2D eigenvalue weighted by Crippen LogP contribution is -2.31. The van der Waals surface area contributed by atoms with E-state index in [4.69, 9.17) is 9.26 Å². The van der Waals surface area contributed by atoms with Crippen LogP contribution in [0.15, 0.2) is 22.7 Å². The van der Waals surface area contributed by atoms with Gasteiger partial charge in [-0.1, -0.05) is 5.16 Å². The van der Waals surface area contributed by atoms with E-state index in [2.05, 4.69) is 10.5 Å². The van der Waals surface area contributed by atoms with Crippen molar-refractivity contribution in [3.8, 4) is 17.1 Å². The molecule has 0 aliphatic rings. The first-order chi connectivity index (χ1) is 11.3. The van der Waals surface area contributed by atoms with Crippen molar-refractivity contribution in [3.63, 3.8) is 0 Å². The van der Waals surface area contributed by atoms with Crippen LogP contribution in [0.2, 0.25) is 0 Å². The number of carboxylic acids is 1. The number of aromatic carboxylic acids is 1. The molecule has 7 nitrogen and oxygen atoms in total. The Morgan fingerprint density at radius 1 is 1.50 bits per heavy atom. The summed E-state index contributed by atoms with van der Waals surface area (Å²) in [7, 11) is 5.17. The van der Waals surface area contributed by atoms with Crippen LogP contribution in [0.3, 0.4) is 0 Å². The van der Waals surface area contributed by atoms with Gasteiger partial charge in [0, 0.05) is 18.2 Å². The van der Waals surface area contributed by atoms with Crippen LogP contribution in [-0.4, -0.2) is 54.9 Å². The third kappa shape index (κ3) is 3.65. The lowest BCUT2D eigenvalue weighted by Gasteiger charge is -2.19. The number of benzene rings is 1. The van der Waals surface area contributed by atoms with Crippen molar-refractivity contribution in [1.82, 2.24) is 10.1 Å². The molecule has 8 heteroatoms. The van der Waals surface area contributed by atoms with Gasteiger partial charge in [-0.2, -0.15) is 0 Å². The molecule has 0 saturated heterocycles. The van der Waals surface area contributed by atoms with Gasteiger partial charge in [0.15, 0.2) is 28.7 Å². The second-order valence-corrected chi connectivity index (χ2v) is 5.58. The second kappa shape index (κ2) is 7.31. The molecule has 0 amide bonds. The standard InChI is InChI=1S/C16H20FN3O4/c1-9(20(2)3)8-18-15-13(16(21)22)14(24-19-15)10-5-6-11(17)12(7-10)23-4/h5-7,9H,8H2,1-4H3,(H,18,19)(H,21,22). The maximum Gasteiger partial charge on any atom is 0.343 e. The molecule has 0 aliphatic heterocycles. The van der Waals surface area contributed by atoms with E-state index < -0.39 is 11.8 Å². The fourth-order valence-electron chi connectivity index (χ4n) is 2.03. The van der Waals surface area contributed by atoms with Crippen molar-refractivity contribution >= 4 is 11.8 Å². The number of nitrogens with zero attached hydrogens (tertiary/aromatic N) is 2. The maximum absolute atomic E-state index is 13.5. The molecule has 1 unspecified atom stereocenters. The van der Waals surface area contributed by atoms with Gasteiger partial charge in [-0.15, -0.1) is 0 Å². The highest BCUT2D eigenvalue weighted by Crippen LogP contribution is 2.32. The SMILES string of the molecule is COc1cc(-c2onc(NCC(C)N(C)C)c2C(=O)O)ccc1F. The molecule has 1 heterocycles. The molecule has 2 rings (SSSR count). The summed E-state index contributed by atoms with van der Waals surface area (Å²) in [6.45, 7) is 2.48. The maximum atomic E-state index is 13.5. The average Bonchev–Trinajstić information content (AvgIpc) is 2.97. The van der Waals surface area contributed by atoms with E-state index in [-0.39, 0.29) is 28.9 Å². The van der Waals surface area contributed by atoms with E-state index in [0.717, 1.165) is 0 Å². The zero-order valence-electron chi connectivity index (χ0n) is 14.0. The molecule has 2 aromatic rings. The quantitative estimate of drug-likeness (QED) is 0.803. The highest BCUT2D eigenvalue weighted by Gasteiger charge is 2.25. The molecule has 0 bridgehead atoms. The first kappa shape index (κ1) is 17.7. The number of anilines is 1. The fourth-order valence-corrected chi connectivity index (χ4v) is 2.03. The predicted molar refractivity (Wildman–Crippen MR) is 87.0 cm³/mol. The Balaban J connectivity index is 2.36. The molecule has 1 aromatic carbocycles. The monoisotopic (exact) mass is 337 g/mol. The number of methoxy groups -OCH3 is 1. The van der Waals surface area contributed by atoms with E-state index in [1.54, 1.807) is 0 Å². The first-order valence-electron chi connectivity index (χ1n) is 7.32. The predicted octanol–water partition coefficient (Wildman–Crippen LogP) is 2.55. The molecular formula is C16H20FN3O4. The van der Waals surface area contributed by atoms with Gasteiger partial charge in [0.2, 0.25) is 0 Å². The molecule has 0 spiro atoms. The molecule has 0 aliphatic carbocycles. The smallest absolute Gasteiger partial charge is 0.343 e. The summed E-state index contributed by atoms with van der Waals surface area (Å²) in [5.74, 6) is -1.56. The normalized spacial score (nSPS) is 12.2. The molecule has 1 atom stereocenters. The number of carbonyl (C=O) groups is 1. The van der Waals surface area contributed by atoms with Gasteiger partial charge in [-0.3, -0.25) is 0 Å². The Morgan fingerprint density at radius 3 is 2.79 bits per heavy atom. The van der Waals surface area contributed by atoms with Crippen LogP contribution >= 0.6 is 0 Å². The Labute approximate surface area is 139 Å². The van der Waals surface area contributed by atoms with Gasteiger partial charge >= 0.3 is 5.97 Å². The Morgan fingerprint density at radius 2 is 2.21 bits per heavy atom. The van der Waals surface area contributed by atoms with Crippen LogP contribution < -0.4 is 10.1 Å². The zero-order valence-corrected chi connectivity index (χ0v) is 14.0. The highest BCUT2D eigenvalue weighted by atomic mass is 19.1. The average molecular weight is 337 g/mol. The second-order valence-electron chi connectivity index (χ2n) is 5.58. The van der Waals surface area contributed by atoms with Gasteiger partial charge in [0.05, 0.1) is 7.11 Å². The number of carboxylic acid groups (broad SMARTS) is 1. The van der Waals surface area contributed by atoms with E-state index in [9.17, 15) is 14.3 Å². The number of likely N-dealkylation sites (N-methyl/N-ethyl adjacent to an activating group) is 1. The van der Waals surface area contributed by atoms with E-state index >= 15 is 0 Å². The van der Waals surface area contributed by atoms with E-state index in [1.807, 2.05) is 25.9 Å². The van der Waals surface area contributed by atoms with E-state index in [0.29, 0.717) is 12.1 Å². The van der Waals surface area contributed by atoms with Crippen LogP contribution in [0.4, 0.5) is 10.2 Å². The van der Waals surface area contributed by atoms with Crippen molar-refractivity contribution in [1.29, 1.82) is 0 Å². The van der Waals surface area contributed by atoms with Crippen LogP contribution in [-0.2, 0) is 0 Å². The summed E-state index contributed by atoms with van der Waals surface area (Å²) in [4.78, 5) is 13.6. The zero-order chi connectivity index (χ0) is 17.9. The van der Waals surface area contributed by atoms with Crippen molar-refractivity contribution < 1.29 is 23.6 Å². The van der Waals surface area contributed by atoms with Crippen molar-refractivity contribution in [2.75, 3.05) is 33.1 Å². The molecule has 0 radical (unpaired) electrons. The summed E-state index contributed by atoms with van der Waals surface area (Å²) >= 11 is 0. The van der Waals surface area contributed by atoms with Crippen molar-refractivity contribution in [3.05, 3.63) is 29.6 Å². The van der Waals surface area contributed by atoms with E-state index in [1.165, 1.54) is 25.3 Å². The molecule has 24 heavy (non-hydrogen) atoms. The summed E-state index contributed by atoms with van der Waals surface area (Å²) in [6, 6.07) is 4.13. The number of aromatic nitrogens is 1. The third-order valence-corrected chi connectivity index (χ3v) is 3.77. The van der Waals surface area contributed by atoms with Crippen LogP contribution in [0.5, 0.6) is 5.75 Å². The Bertz CT molecular complexity index is 730. The number of ether oxygens (including phenoxy) is 1.